The van der Waals surface area contributed by atoms with Crippen molar-refractivity contribution in [3.63, 3.8) is 0 Å². The second-order valence-electron chi connectivity index (χ2n) is 6.30. The van der Waals surface area contributed by atoms with Gasteiger partial charge in [0, 0.05) is 5.92 Å². The molecule has 0 saturated carbocycles. The molecule has 1 heterocycles. The lowest BCUT2D eigenvalue weighted by atomic mass is 9.95. The van der Waals surface area contributed by atoms with Gasteiger partial charge in [-0.15, -0.1) is 0 Å². The van der Waals surface area contributed by atoms with Crippen LogP contribution in [0.1, 0.15) is 91.4 Å². The number of unbranched alkanes of at least 4 members (excludes halogenated alkanes) is 6. The molecule has 3 unspecified atom stereocenters. The molecule has 0 aromatic rings. The van der Waals surface area contributed by atoms with Gasteiger partial charge in [0.05, 0.1) is 12.7 Å². The van der Waals surface area contributed by atoms with Crippen LogP contribution in [0.3, 0.4) is 0 Å². The molecule has 0 aromatic carbocycles. The normalized spacial score (nSPS) is 26.9. The summed E-state index contributed by atoms with van der Waals surface area (Å²) in [6.07, 6.45) is 14.7. The summed E-state index contributed by atoms with van der Waals surface area (Å²) in [5, 5.41) is 0. The Morgan fingerprint density at radius 1 is 0.800 bits per heavy atom. The summed E-state index contributed by atoms with van der Waals surface area (Å²) in [6.45, 7) is 7.67. The van der Waals surface area contributed by atoms with Crippen LogP contribution >= 0.6 is 0 Å². The van der Waals surface area contributed by atoms with Gasteiger partial charge in [0.1, 0.15) is 0 Å². The Balaban J connectivity index is 2.09. The first-order chi connectivity index (χ1) is 9.81. The maximum atomic E-state index is 6.15. The smallest absolute Gasteiger partial charge is 0.157 e. The molecule has 120 valence electrons. The van der Waals surface area contributed by atoms with E-state index in [0.717, 1.165) is 13.0 Å². The molecule has 0 spiro atoms. The minimum Gasteiger partial charge on any atom is -0.352 e. The van der Waals surface area contributed by atoms with Crippen LogP contribution in [0, 0.1) is 5.92 Å². The van der Waals surface area contributed by atoms with Crippen molar-refractivity contribution in [3.05, 3.63) is 0 Å². The van der Waals surface area contributed by atoms with E-state index >= 15 is 0 Å². The SMILES string of the molecule is CCCCCCCCCC1OCC(CC)C(CCC)O1. The highest BCUT2D eigenvalue weighted by Crippen LogP contribution is 2.27. The first kappa shape index (κ1) is 18.0. The molecule has 0 radical (unpaired) electrons. The van der Waals surface area contributed by atoms with Crippen LogP contribution < -0.4 is 0 Å². The van der Waals surface area contributed by atoms with Gasteiger partial charge in [-0.2, -0.15) is 0 Å². The highest BCUT2D eigenvalue weighted by atomic mass is 16.7. The number of hydrogen-bond donors (Lipinski definition) is 0. The summed E-state index contributed by atoms with van der Waals surface area (Å²) in [7, 11) is 0. The monoisotopic (exact) mass is 284 g/mol. The molecule has 1 aliphatic rings. The Hall–Kier alpha value is -0.0800. The summed E-state index contributed by atoms with van der Waals surface area (Å²) >= 11 is 0. The summed E-state index contributed by atoms with van der Waals surface area (Å²) < 4.78 is 12.0. The van der Waals surface area contributed by atoms with Gasteiger partial charge in [-0.05, 0) is 25.7 Å². The summed E-state index contributed by atoms with van der Waals surface area (Å²) in [5.74, 6) is 0.611. The van der Waals surface area contributed by atoms with Gasteiger partial charge in [0.25, 0.3) is 0 Å². The Morgan fingerprint density at radius 3 is 2.15 bits per heavy atom. The first-order valence-corrected chi connectivity index (χ1v) is 9.08. The number of rotatable bonds is 11. The average Bonchev–Trinajstić information content (AvgIpc) is 2.47. The second kappa shape index (κ2) is 11.6. The molecule has 0 amide bonds. The van der Waals surface area contributed by atoms with Crippen molar-refractivity contribution in [2.45, 2.75) is 104 Å². The maximum Gasteiger partial charge on any atom is 0.157 e. The van der Waals surface area contributed by atoms with E-state index in [-0.39, 0.29) is 6.29 Å². The predicted octanol–water partition coefficient (Wildman–Crippen LogP) is 5.69. The van der Waals surface area contributed by atoms with Crippen LogP contribution in [-0.4, -0.2) is 19.0 Å². The summed E-state index contributed by atoms with van der Waals surface area (Å²) in [5.41, 5.74) is 0. The van der Waals surface area contributed by atoms with Crippen LogP contribution in [-0.2, 0) is 9.47 Å². The molecule has 3 atom stereocenters. The van der Waals surface area contributed by atoms with Crippen LogP contribution in [0.15, 0.2) is 0 Å². The van der Waals surface area contributed by atoms with E-state index in [4.69, 9.17) is 9.47 Å². The van der Waals surface area contributed by atoms with Gasteiger partial charge in [-0.25, -0.2) is 0 Å². The fourth-order valence-electron chi connectivity index (χ4n) is 3.07. The fourth-order valence-corrected chi connectivity index (χ4v) is 3.07. The zero-order valence-electron chi connectivity index (χ0n) is 14.0. The Morgan fingerprint density at radius 2 is 1.50 bits per heavy atom. The zero-order valence-corrected chi connectivity index (χ0v) is 14.0. The third-order valence-corrected chi connectivity index (χ3v) is 4.49. The Kier molecular flexibility index (Phi) is 10.4. The molecule has 0 aromatic heterocycles. The molecule has 1 saturated heterocycles. The van der Waals surface area contributed by atoms with E-state index in [1.54, 1.807) is 0 Å². The minimum atomic E-state index is 0.0741. The largest absolute Gasteiger partial charge is 0.352 e. The van der Waals surface area contributed by atoms with Crippen molar-refractivity contribution in [2.24, 2.45) is 5.92 Å². The van der Waals surface area contributed by atoms with Gasteiger partial charge in [0.2, 0.25) is 0 Å². The van der Waals surface area contributed by atoms with Gasteiger partial charge in [-0.1, -0.05) is 65.7 Å². The highest BCUT2D eigenvalue weighted by molar-refractivity contribution is 4.73. The lowest BCUT2D eigenvalue weighted by Crippen LogP contribution is -2.39. The Bertz CT molecular complexity index is 217. The van der Waals surface area contributed by atoms with Crippen LogP contribution in [0.2, 0.25) is 0 Å². The molecule has 1 aliphatic heterocycles. The average molecular weight is 284 g/mol. The number of ether oxygens (including phenoxy) is 2. The zero-order chi connectivity index (χ0) is 14.6. The van der Waals surface area contributed by atoms with Crippen LogP contribution in [0.25, 0.3) is 0 Å². The van der Waals surface area contributed by atoms with E-state index in [1.807, 2.05) is 0 Å². The predicted molar refractivity (Wildman–Crippen MR) is 85.9 cm³/mol. The molecule has 0 aliphatic carbocycles. The topological polar surface area (TPSA) is 18.5 Å². The summed E-state index contributed by atoms with van der Waals surface area (Å²) in [4.78, 5) is 0. The van der Waals surface area contributed by atoms with Gasteiger partial charge in [0.15, 0.2) is 6.29 Å². The summed E-state index contributed by atoms with van der Waals surface area (Å²) in [6, 6.07) is 0. The molecule has 2 heteroatoms. The molecule has 1 fully saturated rings. The molecular weight excluding hydrogens is 248 g/mol. The fraction of sp³-hybridized carbons (Fsp3) is 1.00. The highest BCUT2D eigenvalue weighted by Gasteiger charge is 2.29. The third kappa shape index (κ3) is 7.08. The maximum absolute atomic E-state index is 6.15. The minimum absolute atomic E-state index is 0.0741. The first-order valence-electron chi connectivity index (χ1n) is 9.08. The van der Waals surface area contributed by atoms with Gasteiger partial charge in [-0.3, -0.25) is 0 Å². The molecule has 0 N–H and O–H groups in total. The molecule has 20 heavy (non-hydrogen) atoms. The van der Waals surface area contributed by atoms with E-state index in [1.165, 1.54) is 64.2 Å². The van der Waals surface area contributed by atoms with E-state index in [0.29, 0.717) is 12.0 Å². The molecular formula is C18H36O2. The standard InChI is InChI=1S/C18H36O2/c1-4-7-8-9-10-11-12-14-18-19-15-16(6-3)17(20-18)13-5-2/h16-18H,4-15H2,1-3H3. The quantitative estimate of drug-likeness (QED) is 0.453. The van der Waals surface area contributed by atoms with Gasteiger partial charge >= 0.3 is 0 Å². The van der Waals surface area contributed by atoms with Gasteiger partial charge < -0.3 is 9.47 Å². The third-order valence-electron chi connectivity index (χ3n) is 4.49. The van der Waals surface area contributed by atoms with Crippen molar-refractivity contribution in [1.29, 1.82) is 0 Å². The van der Waals surface area contributed by atoms with Crippen molar-refractivity contribution in [3.8, 4) is 0 Å². The number of hydrogen-bond acceptors (Lipinski definition) is 2. The van der Waals surface area contributed by atoms with E-state index in [2.05, 4.69) is 20.8 Å². The van der Waals surface area contributed by atoms with Crippen molar-refractivity contribution >= 4 is 0 Å². The lowest BCUT2D eigenvalue weighted by molar-refractivity contribution is -0.240. The Labute approximate surface area is 126 Å². The molecule has 2 nitrogen and oxygen atoms in total. The van der Waals surface area contributed by atoms with Crippen molar-refractivity contribution in [2.75, 3.05) is 6.61 Å². The van der Waals surface area contributed by atoms with Crippen molar-refractivity contribution in [1.82, 2.24) is 0 Å². The second-order valence-corrected chi connectivity index (χ2v) is 6.30. The lowest BCUT2D eigenvalue weighted by Gasteiger charge is -2.36. The van der Waals surface area contributed by atoms with E-state index < -0.39 is 0 Å². The van der Waals surface area contributed by atoms with E-state index in [9.17, 15) is 0 Å². The molecule has 0 bridgehead atoms. The van der Waals surface area contributed by atoms with Crippen molar-refractivity contribution < 1.29 is 9.47 Å². The van der Waals surface area contributed by atoms with Crippen LogP contribution in [0.5, 0.6) is 0 Å². The molecule has 1 rings (SSSR count). The van der Waals surface area contributed by atoms with Crippen LogP contribution in [0.4, 0.5) is 0 Å².